The molecule has 3 atom stereocenters. The van der Waals surface area contributed by atoms with Crippen LogP contribution in [0.5, 0.6) is 5.75 Å². The van der Waals surface area contributed by atoms with Gasteiger partial charge in [-0.3, -0.25) is 24.0 Å². The van der Waals surface area contributed by atoms with E-state index in [2.05, 4.69) is 39.8 Å². The van der Waals surface area contributed by atoms with E-state index in [1.165, 1.54) is 13.1 Å². The average molecular weight is 657 g/mol. The molecule has 0 aliphatic carbocycles. The highest BCUT2D eigenvalue weighted by Crippen LogP contribution is 2.21. The minimum Gasteiger partial charge on any atom is -0.486 e. The normalized spacial score (nSPS) is 13.5. The molecule has 1 aromatic rings. The molecule has 0 aliphatic heterocycles. The maximum atomic E-state index is 13.4. The highest BCUT2D eigenvalue weighted by atomic mass is 16.5. The van der Waals surface area contributed by atoms with Gasteiger partial charge in [-0.05, 0) is 42.9 Å². The molecule has 12 heteroatoms. The summed E-state index contributed by atoms with van der Waals surface area (Å²) in [6.07, 6.45) is 6.46. The molecule has 4 amide bonds. The van der Waals surface area contributed by atoms with Crippen molar-refractivity contribution >= 4 is 35.2 Å². The van der Waals surface area contributed by atoms with Gasteiger partial charge >= 0.3 is 0 Å². The van der Waals surface area contributed by atoms with Gasteiger partial charge < -0.3 is 30.9 Å². The van der Waals surface area contributed by atoms with Crippen LogP contribution in [0, 0.1) is 11.3 Å². The summed E-state index contributed by atoms with van der Waals surface area (Å²) in [4.78, 5) is 71.2. The molecule has 3 unspecified atom stereocenters. The monoisotopic (exact) mass is 656 g/mol. The van der Waals surface area contributed by atoms with Crippen LogP contribution in [0.4, 0.5) is 0 Å². The maximum absolute atomic E-state index is 13.4. The molecule has 0 bridgehead atoms. The summed E-state index contributed by atoms with van der Waals surface area (Å²) in [5, 5.41) is 10.7. The summed E-state index contributed by atoms with van der Waals surface area (Å²) in [6.45, 7) is 16.6. The number of amides is 4. The number of rotatable bonds is 19. The van der Waals surface area contributed by atoms with E-state index in [0.717, 1.165) is 32.1 Å². The number of likely N-dealkylation sites (N-methyl/N-ethyl adjacent to an activating group) is 1. The van der Waals surface area contributed by atoms with Crippen LogP contribution in [0.15, 0.2) is 42.0 Å². The van der Waals surface area contributed by atoms with Gasteiger partial charge in [0.1, 0.15) is 30.3 Å². The Labute approximate surface area is 280 Å². The van der Waals surface area contributed by atoms with Gasteiger partial charge in [-0.2, -0.15) is 0 Å². The van der Waals surface area contributed by atoms with Gasteiger partial charge in [0.15, 0.2) is 0 Å². The molecule has 0 spiro atoms. The fourth-order valence-electron chi connectivity index (χ4n) is 4.49. The Balaban J connectivity index is 2.90. The van der Waals surface area contributed by atoms with E-state index in [9.17, 15) is 24.0 Å². The van der Waals surface area contributed by atoms with Crippen LogP contribution in [-0.2, 0) is 19.2 Å². The number of hydrogen-bond donors (Lipinski definition) is 4. The molecule has 4 N–H and O–H groups in total. The minimum atomic E-state index is -1.06. The van der Waals surface area contributed by atoms with Crippen molar-refractivity contribution in [3.05, 3.63) is 42.6 Å². The molecule has 1 aromatic carbocycles. The Kier molecular flexibility index (Phi) is 17.5. The van der Waals surface area contributed by atoms with Crippen LogP contribution < -0.4 is 26.0 Å². The molecule has 0 heterocycles. The number of carbonyl (C=O) groups excluding carboxylic acids is 5. The number of aliphatic imine (C=N–C) groups is 1. The third kappa shape index (κ3) is 14.4. The first kappa shape index (κ1) is 40.8. The number of benzene rings is 1. The summed E-state index contributed by atoms with van der Waals surface area (Å²) in [6, 6.07) is 3.41. The number of hydrogen-bond acceptors (Lipinski definition) is 7. The molecule has 262 valence electrons. The van der Waals surface area contributed by atoms with Gasteiger partial charge in [-0.1, -0.05) is 79.9 Å². The second-order valence-electron chi connectivity index (χ2n) is 13.2. The second kappa shape index (κ2) is 20.1. The lowest BCUT2D eigenvalue weighted by molar-refractivity contribution is -0.141. The molecule has 1 rings (SSSR count). The van der Waals surface area contributed by atoms with Crippen molar-refractivity contribution in [2.45, 2.75) is 98.7 Å². The van der Waals surface area contributed by atoms with Crippen molar-refractivity contribution in [2.24, 2.45) is 16.3 Å². The lowest BCUT2D eigenvalue weighted by Crippen LogP contribution is -2.59. The number of ether oxygens (including phenoxy) is 1. The smallest absolute Gasteiger partial charge is 0.289 e. The SMILES string of the molecule is C=CN=C(COc1cccc(C(=O)NC(C(=O)NC(C)C(=O)NC(C(=O)C(=O)NCCCCCCC)C(C)C)C(C)(C)C)c1)N(C)C. The molecule has 0 saturated heterocycles. The Hall–Kier alpha value is -4.22. The van der Waals surface area contributed by atoms with E-state index in [1.807, 2.05) is 14.1 Å². The zero-order chi connectivity index (χ0) is 35.7. The van der Waals surface area contributed by atoms with E-state index in [4.69, 9.17) is 4.74 Å². The largest absolute Gasteiger partial charge is 0.486 e. The van der Waals surface area contributed by atoms with Gasteiger partial charge in [-0.15, -0.1) is 0 Å². The predicted molar refractivity (Wildman–Crippen MR) is 185 cm³/mol. The quantitative estimate of drug-likeness (QED) is 0.0767. The standard InChI is InChI=1S/C35H56N6O6/c1-11-13-14-15-16-20-37-33(45)29(42)28(23(3)4)39-31(43)24(5)38-34(46)30(35(6,7)8)40-32(44)25-18-17-19-26(21-25)47-22-27(36-12-2)41(9)10/h12,17-19,21,23-24,28,30H,2,11,13-16,20,22H2,1,3-10H3,(H,37,45)(H,38,46)(H,39,43)(H,40,44). The first-order valence-electron chi connectivity index (χ1n) is 16.3. The lowest BCUT2D eigenvalue weighted by Gasteiger charge is -2.31. The predicted octanol–water partition coefficient (Wildman–Crippen LogP) is 3.61. The van der Waals surface area contributed by atoms with Crippen LogP contribution in [0.2, 0.25) is 0 Å². The molecular weight excluding hydrogens is 600 g/mol. The van der Waals surface area contributed by atoms with E-state index in [1.54, 1.807) is 63.8 Å². The van der Waals surface area contributed by atoms with E-state index >= 15 is 0 Å². The van der Waals surface area contributed by atoms with Crippen LogP contribution in [0.1, 0.15) is 90.9 Å². The molecule has 0 saturated carbocycles. The number of nitrogens with one attached hydrogen (secondary N) is 4. The Morgan fingerprint density at radius 3 is 2.19 bits per heavy atom. The number of ketones is 1. The molecule has 0 aliphatic rings. The number of amidine groups is 1. The summed E-state index contributed by atoms with van der Waals surface area (Å²) < 4.78 is 5.82. The lowest BCUT2D eigenvalue weighted by atomic mass is 9.85. The van der Waals surface area contributed by atoms with E-state index < -0.39 is 53.0 Å². The third-order valence-corrected chi connectivity index (χ3v) is 7.41. The topological polar surface area (TPSA) is 158 Å². The fraction of sp³-hybridized carbons (Fsp3) is 0.600. The van der Waals surface area contributed by atoms with Crippen molar-refractivity contribution in [1.29, 1.82) is 0 Å². The second-order valence-corrected chi connectivity index (χ2v) is 13.2. The van der Waals surface area contributed by atoms with E-state index in [-0.39, 0.29) is 18.1 Å². The van der Waals surface area contributed by atoms with Crippen LogP contribution in [-0.4, -0.2) is 85.5 Å². The Morgan fingerprint density at radius 1 is 0.957 bits per heavy atom. The molecule has 0 fully saturated rings. The molecule has 0 radical (unpaired) electrons. The van der Waals surface area contributed by atoms with Crippen molar-refractivity contribution in [3.8, 4) is 5.75 Å². The average Bonchev–Trinajstić information content (AvgIpc) is 3.00. The first-order chi connectivity index (χ1) is 22.0. The number of unbranched alkanes of at least 4 members (excludes halogenated alkanes) is 4. The van der Waals surface area contributed by atoms with Crippen molar-refractivity contribution < 1.29 is 28.7 Å². The van der Waals surface area contributed by atoms with Crippen molar-refractivity contribution in [2.75, 3.05) is 27.2 Å². The van der Waals surface area contributed by atoms with Crippen LogP contribution in [0.3, 0.4) is 0 Å². The first-order valence-corrected chi connectivity index (χ1v) is 16.3. The summed E-state index contributed by atoms with van der Waals surface area (Å²) in [5.74, 6) is -2.48. The third-order valence-electron chi connectivity index (χ3n) is 7.41. The maximum Gasteiger partial charge on any atom is 0.289 e. The van der Waals surface area contributed by atoms with Crippen LogP contribution in [0.25, 0.3) is 0 Å². The zero-order valence-corrected chi connectivity index (χ0v) is 29.7. The van der Waals surface area contributed by atoms with Crippen molar-refractivity contribution in [3.63, 3.8) is 0 Å². The number of carbonyl (C=O) groups is 5. The molecular formula is C35H56N6O6. The summed E-state index contributed by atoms with van der Waals surface area (Å²) >= 11 is 0. The number of Topliss-reactive ketones (excluding diaryl/α,β-unsaturated/α-hetero) is 1. The molecule has 0 aromatic heterocycles. The van der Waals surface area contributed by atoms with Gasteiger partial charge in [-0.25, -0.2) is 4.99 Å². The fourth-order valence-corrected chi connectivity index (χ4v) is 4.49. The number of nitrogens with zero attached hydrogens (tertiary/aromatic N) is 2. The Bertz CT molecular complexity index is 1250. The van der Waals surface area contributed by atoms with Gasteiger partial charge in [0.2, 0.25) is 17.6 Å². The summed E-state index contributed by atoms with van der Waals surface area (Å²) in [7, 11) is 3.66. The van der Waals surface area contributed by atoms with E-state index in [0.29, 0.717) is 18.1 Å². The molecule has 47 heavy (non-hydrogen) atoms. The van der Waals surface area contributed by atoms with Gasteiger partial charge in [0, 0.05) is 32.4 Å². The van der Waals surface area contributed by atoms with Crippen LogP contribution >= 0.6 is 0 Å². The molecule has 12 nitrogen and oxygen atoms in total. The van der Waals surface area contributed by atoms with Gasteiger partial charge in [0.25, 0.3) is 11.8 Å². The zero-order valence-electron chi connectivity index (χ0n) is 29.7. The summed E-state index contributed by atoms with van der Waals surface area (Å²) in [5.41, 5.74) is -0.448. The van der Waals surface area contributed by atoms with Crippen molar-refractivity contribution in [1.82, 2.24) is 26.2 Å². The highest BCUT2D eigenvalue weighted by Gasteiger charge is 2.36. The highest BCUT2D eigenvalue weighted by molar-refractivity contribution is 6.38. The Morgan fingerprint density at radius 2 is 1.62 bits per heavy atom. The minimum absolute atomic E-state index is 0.157. The van der Waals surface area contributed by atoms with Gasteiger partial charge in [0.05, 0.1) is 6.04 Å².